The Bertz CT molecular complexity index is 691. The molecule has 0 unspecified atom stereocenters. The van der Waals surface area contributed by atoms with Crippen LogP contribution in [0.15, 0.2) is 10.3 Å². The summed E-state index contributed by atoms with van der Waals surface area (Å²) in [6.07, 6.45) is 3.90. The third-order valence-electron chi connectivity index (χ3n) is 3.27. The monoisotopic (exact) mass is 482 g/mol. The van der Waals surface area contributed by atoms with Crippen LogP contribution < -0.4 is 21.3 Å². The van der Waals surface area contributed by atoms with Crippen molar-refractivity contribution in [2.45, 2.75) is 89.9 Å². The normalized spacial score (nSPS) is 10.9. The number of thioether (sulfide) groups is 2. The molecular weight excluding hydrogens is 444 g/mol. The molecule has 0 fully saturated rings. The van der Waals surface area contributed by atoms with Crippen molar-refractivity contribution in [1.29, 1.82) is 0 Å². The summed E-state index contributed by atoms with van der Waals surface area (Å²) >= 11 is 3.02. The average Bonchev–Trinajstić information content (AvgIpc) is 2.65. The van der Waals surface area contributed by atoms with Crippen LogP contribution in [0.5, 0.6) is 0 Å². The number of aromatic nitrogens is 6. The lowest BCUT2D eigenvalue weighted by Crippen LogP contribution is -2.17. The second-order valence-corrected chi connectivity index (χ2v) is 9.68. The Balaban J connectivity index is 0.000000320. The molecule has 180 valence electrons. The Kier molecular flexibility index (Phi) is 12.4. The summed E-state index contributed by atoms with van der Waals surface area (Å²) in [6, 6.07) is 1.24. The Labute approximate surface area is 200 Å². The molecule has 0 aliphatic heterocycles. The zero-order chi connectivity index (χ0) is 24.3. The van der Waals surface area contributed by atoms with Crippen molar-refractivity contribution < 1.29 is 0 Å². The molecule has 2 aromatic rings. The number of rotatable bonds is 10. The number of anilines is 4. The fourth-order valence-electron chi connectivity index (χ4n) is 2.19. The Morgan fingerprint density at radius 2 is 0.656 bits per heavy atom. The van der Waals surface area contributed by atoms with Gasteiger partial charge in [0.1, 0.15) is 0 Å². The summed E-state index contributed by atoms with van der Waals surface area (Å²) < 4.78 is 0. The van der Waals surface area contributed by atoms with Crippen molar-refractivity contribution >= 4 is 47.3 Å². The van der Waals surface area contributed by atoms with Gasteiger partial charge in [-0.1, -0.05) is 23.5 Å². The van der Waals surface area contributed by atoms with E-state index in [1.54, 1.807) is 0 Å². The fourth-order valence-corrected chi connectivity index (χ4v) is 2.90. The summed E-state index contributed by atoms with van der Waals surface area (Å²) in [5.74, 6) is 2.49. The maximum absolute atomic E-state index is 4.30. The molecule has 0 radical (unpaired) electrons. The quantitative estimate of drug-likeness (QED) is 0.357. The zero-order valence-corrected chi connectivity index (χ0v) is 22.4. The maximum Gasteiger partial charge on any atom is 0.228 e. The van der Waals surface area contributed by atoms with Gasteiger partial charge in [-0.15, -0.1) is 0 Å². The van der Waals surface area contributed by atoms with E-state index in [0.29, 0.717) is 48.0 Å². The predicted octanol–water partition coefficient (Wildman–Crippen LogP) is 4.47. The van der Waals surface area contributed by atoms with Crippen LogP contribution in [-0.2, 0) is 0 Å². The molecule has 32 heavy (non-hydrogen) atoms. The summed E-state index contributed by atoms with van der Waals surface area (Å²) in [5.41, 5.74) is 0. The standard InChI is InChI=1S/2C10H19N5S/c2*1-6(2)11-8-13-9(12-7(3)4)15-10(14-8)16-5/h2*6-7H,1-5H3,(H2,11,12,13,14,15). The Morgan fingerprint density at radius 3 is 0.812 bits per heavy atom. The van der Waals surface area contributed by atoms with Crippen LogP contribution in [0.1, 0.15) is 55.4 Å². The van der Waals surface area contributed by atoms with E-state index in [0.717, 1.165) is 10.3 Å². The van der Waals surface area contributed by atoms with Crippen molar-refractivity contribution in [2.75, 3.05) is 33.8 Å². The highest BCUT2D eigenvalue weighted by molar-refractivity contribution is 7.98. The van der Waals surface area contributed by atoms with Crippen molar-refractivity contribution in [1.82, 2.24) is 29.9 Å². The smallest absolute Gasteiger partial charge is 0.228 e. The second-order valence-electron chi connectivity index (χ2n) is 8.13. The SMILES string of the molecule is CSc1nc(NC(C)C)nc(NC(C)C)n1.CSc1nc(NC(C)C)nc(NC(C)C)n1. The number of nitrogens with one attached hydrogen (secondary N) is 4. The minimum Gasteiger partial charge on any atom is -0.352 e. The molecule has 0 amide bonds. The van der Waals surface area contributed by atoms with E-state index < -0.39 is 0 Å². The first kappa shape index (κ1) is 28.0. The molecule has 10 nitrogen and oxygen atoms in total. The highest BCUT2D eigenvalue weighted by atomic mass is 32.2. The first-order valence-electron chi connectivity index (χ1n) is 10.7. The third-order valence-corrected chi connectivity index (χ3v) is 4.36. The van der Waals surface area contributed by atoms with Gasteiger partial charge in [0, 0.05) is 24.2 Å². The van der Waals surface area contributed by atoms with Crippen molar-refractivity contribution in [3.8, 4) is 0 Å². The number of hydrogen-bond donors (Lipinski definition) is 4. The Morgan fingerprint density at radius 1 is 0.438 bits per heavy atom. The molecule has 0 aliphatic carbocycles. The van der Waals surface area contributed by atoms with Crippen molar-refractivity contribution in [2.24, 2.45) is 0 Å². The van der Waals surface area contributed by atoms with E-state index in [1.165, 1.54) is 23.5 Å². The van der Waals surface area contributed by atoms with Gasteiger partial charge >= 0.3 is 0 Å². The third kappa shape index (κ3) is 11.5. The Hall–Kier alpha value is -2.08. The van der Waals surface area contributed by atoms with Crippen LogP contribution in [0.3, 0.4) is 0 Å². The van der Waals surface area contributed by atoms with Gasteiger partial charge in [0.25, 0.3) is 0 Å². The zero-order valence-electron chi connectivity index (χ0n) is 20.8. The minimum atomic E-state index is 0.309. The molecule has 0 aromatic carbocycles. The van der Waals surface area contributed by atoms with Crippen LogP contribution in [0.2, 0.25) is 0 Å². The van der Waals surface area contributed by atoms with E-state index in [1.807, 2.05) is 12.5 Å². The lowest BCUT2D eigenvalue weighted by molar-refractivity contribution is 0.812. The first-order chi connectivity index (χ1) is 15.0. The predicted molar refractivity (Wildman–Crippen MR) is 138 cm³/mol. The molecule has 0 atom stereocenters. The molecule has 0 aliphatic rings. The molecular formula is C20H38N10S2. The largest absolute Gasteiger partial charge is 0.352 e. The van der Waals surface area contributed by atoms with Crippen LogP contribution in [0.25, 0.3) is 0 Å². The first-order valence-corrected chi connectivity index (χ1v) is 13.1. The van der Waals surface area contributed by atoms with E-state index in [4.69, 9.17) is 0 Å². The van der Waals surface area contributed by atoms with Gasteiger partial charge in [0.15, 0.2) is 10.3 Å². The average molecular weight is 483 g/mol. The number of hydrogen-bond acceptors (Lipinski definition) is 12. The molecule has 0 saturated carbocycles. The summed E-state index contributed by atoms with van der Waals surface area (Å²) in [4.78, 5) is 25.8. The lowest BCUT2D eigenvalue weighted by Gasteiger charge is -2.12. The van der Waals surface area contributed by atoms with Crippen molar-refractivity contribution in [3.05, 3.63) is 0 Å². The molecule has 2 rings (SSSR count). The molecule has 12 heteroatoms. The van der Waals surface area contributed by atoms with Crippen LogP contribution in [0, 0.1) is 0 Å². The summed E-state index contributed by atoms with van der Waals surface area (Å²) in [5, 5.41) is 14.2. The molecule has 0 saturated heterocycles. The van der Waals surface area contributed by atoms with Gasteiger partial charge in [-0.05, 0) is 67.9 Å². The van der Waals surface area contributed by atoms with Crippen LogP contribution >= 0.6 is 23.5 Å². The highest BCUT2D eigenvalue weighted by Crippen LogP contribution is 2.15. The topological polar surface area (TPSA) is 125 Å². The van der Waals surface area contributed by atoms with Gasteiger partial charge in [0.2, 0.25) is 23.8 Å². The van der Waals surface area contributed by atoms with E-state index in [2.05, 4.69) is 107 Å². The molecule has 0 bridgehead atoms. The molecule has 2 heterocycles. The molecule has 0 spiro atoms. The van der Waals surface area contributed by atoms with Gasteiger partial charge in [0.05, 0.1) is 0 Å². The highest BCUT2D eigenvalue weighted by Gasteiger charge is 2.08. The van der Waals surface area contributed by atoms with E-state index >= 15 is 0 Å². The molecule has 4 N–H and O–H groups in total. The van der Waals surface area contributed by atoms with Gasteiger partial charge in [-0.3, -0.25) is 0 Å². The minimum absolute atomic E-state index is 0.309. The second kappa shape index (κ2) is 14.1. The van der Waals surface area contributed by atoms with Gasteiger partial charge < -0.3 is 21.3 Å². The molecule has 2 aromatic heterocycles. The summed E-state index contributed by atoms with van der Waals surface area (Å²) in [6.45, 7) is 16.4. The maximum atomic E-state index is 4.30. The van der Waals surface area contributed by atoms with Crippen LogP contribution in [-0.4, -0.2) is 66.6 Å². The van der Waals surface area contributed by atoms with E-state index in [9.17, 15) is 0 Å². The number of nitrogens with zero attached hydrogens (tertiary/aromatic N) is 6. The van der Waals surface area contributed by atoms with Gasteiger partial charge in [-0.25, -0.2) is 0 Å². The van der Waals surface area contributed by atoms with Crippen molar-refractivity contribution in [3.63, 3.8) is 0 Å². The van der Waals surface area contributed by atoms with Crippen LogP contribution in [0.4, 0.5) is 23.8 Å². The lowest BCUT2D eigenvalue weighted by atomic mass is 10.4. The summed E-state index contributed by atoms with van der Waals surface area (Å²) in [7, 11) is 0. The fraction of sp³-hybridized carbons (Fsp3) is 0.700. The van der Waals surface area contributed by atoms with E-state index in [-0.39, 0.29) is 0 Å². The van der Waals surface area contributed by atoms with Gasteiger partial charge in [-0.2, -0.15) is 29.9 Å².